The lowest BCUT2D eigenvalue weighted by atomic mass is 9.51. The summed E-state index contributed by atoms with van der Waals surface area (Å²) < 4.78 is 26.0. The van der Waals surface area contributed by atoms with Gasteiger partial charge in [0.05, 0.1) is 7.11 Å². The van der Waals surface area contributed by atoms with Gasteiger partial charge in [-0.2, -0.15) is 0 Å². The highest BCUT2D eigenvalue weighted by atomic mass is 19.1. The molecular formula is C17H20FNO3. The molecule has 2 aliphatic heterocycles. The molecule has 4 aliphatic rings. The molecule has 4 nitrogen and oxygen atoms in total. The molecule has 0 aromatic heterocycles. The highest BCUT2D eigenvalue weighted by Gasteiger charge is 2.66. The number of benzene rings is 1. The van der Waals surface area contributed by atoms with E-state index in [1.807, 2.05) is 6.07 Å². The highest BCUT2D eigenvalue weighted by molar-refractivity contribution is 5.61. The Balaban J connectivity index is 1.79. The Kier molecular flexibility index (Phi) is 2.48. The van der Waals surface area contributed by atoms with Crippen LogP contribution in [0.3, 0.4) is 0 Å². The minimum absolute atomic E-state index is 0.186. The number of rotatable bonds is 1. The minimum Gasteiger partial charge on any atom is -0.493 e. The molecule has 2 fully saturated rings. The van der Waals surface area contributed by atoms with Crippen molar-refractivity contribution in [3.05, 3.63) is 23.3 Å². The van der Waals surface area contributed by atoms with E-state index in [0.29, 0.717) is 12.2 Å². The number of aliphatic hydroxyl groups is 1. The van der Waals surface area contributed by atoms with Gasteiger partial charge >= 0.3 is 0 Å². The van der Waals surface area contributed by atoms with Crippen LogP contribution in [0.1, 0.15) is 24.0 Å². The standard InChI is InChI=1S/C17H20FNO3/c1-21-12-3-2-8-6-11-9-7-10(18)14(20)16-17(9,4-5-19-11)13(8)15(12)22-16/h2-3,9-11,14,16,19-20H,4-7H2,1H3/t9-,10+,11+,14?,16-,17-/m0/s1. The predicted molar refractivity (Wildman–Crippen MR) is 78.2 cm³/mol. The summed E-state index contributed by atoms with van der Waals surface area (Å²) in [6.07, 6.45) is -0.566. The zero-order valence-electron chi connectivity index (χ0n) is 12.5. The van der Waals surface area contributed by atoms with Crippen molar-refractivity contribution >= 4 is 0 Å². The Morgan fingerprint density at radius 2 is 2.32 bits per heavy atom. The summed E-state index contributed by atoms with van der Waals surface area (Å²) in [4.78, 5) is 0. The number of hydrogen-bond acceptors (Lipinski definition) is 4. The second-order valence-corrected chi connectivity index (χ2v) is 7.07. The number of aliphatic hydroxyl groups excluding tert-OH is 1. The van der Waals surface area contributed by atoms with E-state index in [1.165, 1.54) is 11.1 Å². The van der Waals surface area contributed by atoms with Crippen molar-refractivity contribution in [1.82, 2.24) is 5.32 Å². The summed E-state index contributed by atoms with van der Waals surface area (Å²) in [5, 5.41) is 14.0. The normalized spacial score (nSPS) is 44.2. The molecule has 5 heteroatoms. The van der Waals surface area contributed by atoms with Crippen LogP contribution in [0.2, 0.25) is 0 Å². The van der Waals surface area contributed by atoms with Gasteiger partial charge in [-0.3, -0.25) is 0 Å². The van der Waals surface area contributed by atoms with E-state index in [4.69, 9.17) is 9.47 Å². The number of methoxy groups -OCH3 is 1. The Morgan fingerprint density at radius 1 is 1.45 bits per heavy atom. The van der Waals surface area contributed by atoms with Crippen molar-refractivity contribution in [2.24, 2.45) is 5.92 Å². The maximum Gasteiger partial charge on any atom is 0.165 e. The van der Waals surface area contributed by atoms with Gasteiger partial charge in [0.15, 0.2) is 11.5 Å². The Morgan fingerprint density at radius 3 is 3.14 bits per heavy atom. The summed E-state index contributed by atoms with van der Waals surface area (Å²) in [5.41, 5.74) is 2.19. The number of nitrogens with one attached hydrogen (secondary N) is 1. The number of piperidine rings is 1. The van der Waals surface area contributed by atoms with Gasteiger partial charge in [0.2, 0.25) is 0 Å². The van der Waals surface area contributed by atoms with Crippen molar-refractivity contribution in [1.29, 1.82) is 0 Å². The minimum atomic E-state index is -1.22. The van der Waals surface area contributed by atoms with Crippen LogP contribution in [0, 0.1) is 5.92 Å². The monoisotopic (exact) mass is 305 g/mol. The van der Waals surface area contributed by atoms with Crippen LogP contribution in [0.5, 0.6) is 11.5 Å². The first kappa shape index (κ1) is 13.1. The average molecular weight is 305 g/mol. The topological polar surface area (TPSA) is 50.7 Å². The first-order valence-electron chi connectivity index (χ1n) is 8.09. The van der Waals surface area contributed by atoms with Crippen LogP contribution in [-0.2, 0) is 11.8 Å². The van der Waals surface area contributed by atoms with E-state index >= 15 is 0 Å². The third kappa shape index (κ3) is 1.31. The molecule has 118 valence electrons. The fraction of sp³-hybridized carbons (Fsp3) is 0.647. The molecule has 1 saturated heterocycles. The molecule has 0 amide bonds. The molecule has 22 heavy (non-hydrogen) atoms. The molecule has 2 heterocycles. The Labute approximate surface area is 128 Å². The van der Waals surface area contributed by atoms with Gasteiger partial charge < -0.3 is 19.9 Å². The van der Waals surface area contributed by atoms with Crippen LogP contribution >= 0.6 is 0 Å². The maximum atomic E-state index is 14.4. The first-order valence-corrected chi connectivity index (χ1v) is 8.09. The lowest BCUT2D eigenvalue weighted by molar-refractivity contribution is -0.114. The molecule has 2 N–H and O–H groups in total. The smallest absolute Gasteiger partial charge is 0.165 e. The summed E-state index contributed by atoms with van der Waals surface area (Å²) in [6.45, 7) is 0.890. The van der Waals surface area contributed by atoms with Crippen molar-refractivity contribution in [3.63, 3.8) is 0 Å². The van der Waals surface area contributed by atoms with Crippen LogP contribution in [0.15, 0.2) is 12.1 Å². The maximum absolute atomic E-state index is 14.4. The number of halogens is 1. The second-order valence-electron chi connectivity index (χ2n) is 7.07. The van der Waals surface area contributed by atoms with Gasteiger partial charge in [-0.15, -0.1) is 0 Å². The van der Waals surface area contributed by atoms with E-state index in [9.17, 15) is 9.50 Å². The fourth-order valence-corrected chi connectivity index (χ4v) is 5.52. The zero-order chi connectivity index (χ0) is 15.1. The summed E-state index contributed by atoms with van der Waals surface area (Å²) in [5.74, 6) is 1.62. The molecule has 5 rings (SSSR count). The van der Waals surface area contributed by atoms with Crippen molar-refractivity contribution in [3.8, 4) is 11.5 Å². The van der Waals surface area contributed by atoms with Gasteiger partial charge in [-0.25, -0.2) is 4.39 Å². The van der Waals surface area contributed by atoms with E-state index in [0.717, 1.165) is 25.1 Å². The molecule has 0 radical (unpaired) electrons. The van der Waals surface area contributed by atoms with E-state index in [1.54, 1.807) is 7.11 Å². The quantitative estimate of drug-likeness (QED) is 0.822. The summed E-state index contributed by atoms with van der Waals surface area (Å²) in [7, 11) is 1.63. The SMILES string of the molecule is COc1ccc2c3c1O[C@H]1C(O)[C@H](F)C[C@H]4[C@@H](C2)NCC[C@]314. The van der Waals surface area contributed by atoms with Gasteiger partial charge in [-0.1, -0.05) is 6.07 Å². The largest absolute Gasteiger partial charge is 0.493 e. The molecule has 2 bridgehead atoms. The third-order valence-electron chi connectivity index (χ3n) is 6.34. The van der Waals surface area contributed by atoms with Gasteiger partial charge in [-0.05, 0) is 43.4 Å². The molecule has 1 aromatic carbocycles. The lowest BCUT2D eigenvalue weighted by Gasteiger charge is -2.56. The van der Waals surface area contributed by atoms with Crippen molar-refractivity contribution in [2.75, 3.05) is 13.7 Å². The van der Waals surface area contributed by atoms with E-state index in [-0.39, 0.29) is 17.4 Å². The lowest BCUT2D eigenvalue weighted by Crippen LogP contribution is -2.68. The van der Waals surface area contributed by atoms with E-state index in [2.05, 4.69) is 11.4 Å². The molecule has 2 aliphatic carbocycles. The first-order chi connectivity index (χ1) is 10.7. The Hall–Kier alpha value is -1.33. The highest BCUT2D eigenvalue weighted by Crippen LogP contribution is 2.62. The van der Waals surface area contributed by atoms with Crippen LogP contribution in [0.4, 0.5) is 4.39 Å². The number of ether oxygens (including phenoxy) is 2. The number of alkyl halides is 1. The van der Waals surface area contributed by atoms with E-state index < -0.39 is 18.4 Å². The molecule has 1 spiro atoms. The van der Waals surface area contributed by atoms with Crippen LogP contribution < -0.4 is 14.8 Å². The second kappa shape index (κ2) is 4.15. The molecular weight excluding hydrogens is 285 g/mol. The van der Waals surface area contributed by atoms with Crippen molar-refractivity contribution in [2.45, 2.75) is 49.1 Å². The van der Waals surface area contributed by atoms with Gasteiger partial charge in [0, 0.05) is 17.0 Å². The zero-order valence-corrected chi connectivity index (χ0v) is 12.5. The Bertz CT molecular complexity index is 651. The fourth-order valence-electron chi connectivity index (χ4n) is 5.52. The average Bonchev–Trinajstić information content (AvgIpc) is 2.85. The predicted octanol–water partition coefficient (Wildman–Crippen LogP) is 1.33. The van der Waals surface area contributed by atoms with Crippen molar-refractivity contribution < 1.29 is 19.0 Å². The van der Waals surface area contributed by atoms with Crippen LogP contribution in [0.25, 0.3) is 0 Å². The molecule has 6 atom stereocenters. The van der Waals surface area contributed by atoms with Crippen LogP contribution in [-0.4, -0.2) is 43.2 Å². The third-order valence-corrected chi connectivity index (χ3v) is 6.34. The number of hydrogen-bond donors (Lipinski definition) is 2. The summed E-state index contributed by atoms with van der Waals surface area (Å²) >= 11 is 0. The van der Waals surface area contributed by atoms with Gasteiger partial charge in [0.25, 0.3) is 0 Å². The molecule has 1 saturated carbocycles. The van der Waals surface area contributed by atoms with Gasteiger partial charge in [0.1, 0.15) is 18.4 Å². The molecule has 1 unspecified atom stereocenters. The molecule has 1 aromatic rings. The summed E-state index contributed by atoms with van der Waals surface area (Å²) in [6, 6.07) is 4.31.